The third-order valence-electron chi connectivity index (χ3n) is 5.82. The Morgan fingerprint density at radius 3 is 2.49 bits per heavy atom. The molecule has 3 aromatic carbocycles. The van der Waals surface area contributed by atoms with Gasteiger partial charge in [0, 0.05) is 12.0 Å². The van der Waals surface area contributed by atoms with Crippen molar-refractivity contribution in [2.45, 2.75) is 12.5 Å². The molecule has 1 N–H and O–H groups in total. The summed E-state index contributed by atoms with van der Waals surface area (Å²) in [4.78, 5) is 17.6. The van der Waals surface area contributed by atoms with Gasteiger partial charge < -0.3 is 14.6 Å². The minimum Gasteiger partial charge on any atom is -0.508 e. The molecule has 176 valence electrons. The van der Waals surface area contributed by atoms with Gasteiger partial charge in [-0.15, -0.1) is 0 Å². The molecule has 0 radical (unpaired) electrons. The number of carbonyl (C=O) groups is 1. The third-order valence-corrected chi connectivity index (χ3v) is 6.80. The van der Waals surface area contributed by atoms with Crippen LogP contribution in [0.15, 0.2) is 87.8 Å². The number of amidine groups is 1. The molecule has 5 rings (SSSR count). The molecule has 1 atom stereocenters. The first-order valence-corrected chi connectivity index (χ1v) is 11.8. The molecule has 0 fully saturated rings. The van der Waals surface area contributed by atoms with Crippen LogP contribution in [0.3, 0.4) is 0 Å². The van der Waals surface area contributed by atoms with Gasteiger partial charge in [-0.2, -0.15) is 10.1 Å². The number of phenolic OH excluding ortho intramolecular Hbond substituents is 1. The van der Waals surface area contributed by atoms with E-state index in [0.717, 1.165) is 22.4 Å². The van der Waals surface area contributed by atoms with Crippen molar-refractivity contribution in [2.24, 2.45) is 10.1 Å². The van der Waals surface area contributed by atoms with Crippen LogP contribution in [0.2, 0.25) is 0 Å². The van der Waals surface area contributed by atoms with Crippen LogP contribution < -0.4 is 9.47 Å². The standard InChI is InChI=1S/C27H23N3O4S/c1-33-23-13-12-17(14-24(23)34-2)15-25-26(32)28-27(35-25)30-21(19-10-6-7-11-22(19)31)16-20(29-30)18-8-4-3-5-9-18/h3-15,21,31H,16H2,1-2H3/b25-15-. The number of para-hydroxylation sites is 1. The maximum Gasteiger partial charge on any atom is 0.286 e. The van der Waals surface area contributed by atoms with Crippen molar-refractivity contribution in [1.29, 1.82) is 0 Å². The second kappa shape index (κ2) is 9.68. The fraction of sp³-hybridized carbons (Fsp3) is 0.148. The zero-order chi connectivity index (χ0) is 24.4. The smallest absolute Gasteiger partial charge is 0.286 e. The molecule has 2 aliphatic heterocycles. The highest BCUT2D eigenvalue weighted by Crippen LogP contribution is 2.42. The number of ether oxygens (including phenoxy) is 2. The summed E-state index contributed by atoms with van der Waals surface area (Å²) in [5.74, 6) is 1.04. The number of nitrogens with zero attached hydrogens (tertiary/aromatic N) is 3. The molecule has 2 heterocycles. The van der Waals surface area contributed by atoms with Gasteiger partial charge in [0.1, 0.15) is 5.75 Å². The summed E-state index contributed by atoms with van der Waals surface area (Å²) >= 11 is 1.26. The van der Waals surface area contributed by atoms with E-state index in [-0.39, 0.29) is 17.7 Å². The van der Waals surface area contributed by atoms with E-state index in [4.69, 9.17) is 14.6 Å². The number of thioether (sulfide) groups is 1. The van der Waals surface area contributed by atoms with Crippen molar-refractivity contribution in [1.82, 2.24) is 5.01 Å². The fourth-order valence-electron chi connectivity index (χ4n) is 4.09. The normalized spacial score (nSPS) is 18.6. The maximum absolute atomic E-state index is 12.8. The van der Waals surface area contributed by atoms with Gasteiger partial charge in [-0.25, -0.2) is 5.01 Å². The van der Waals surface area contributed by atoms with Crippen LogP contribution in [-0.2, 0) is 4.79 Å². The second-order valence-electron chi connectivity index (χ2n) is 7.96. The third kappa shape index (κ3) is 4.52. The molecule has 3 aromatic rings. The van der Waals surface area contributed by atoms with Crippen molar-refractivity contribution >= 4 is 34.6 Å². The number of aliphatic imine (C=N–C) groups is 1. The predicted octanol–water partition coefficient (Wildman–Crippen LogP) is 5.23. The van der Waals surface area contributed by atoms with Gasteiger partial charge in [-0.3, -0.25) is 4.79 Å². The van der Waals surface area contributed by atoms with E-state index in [1.54, 1.807) is 43.5 Å². The van der Waals surface area contributed by atoms with Crippen molar-refractivity contribution in [3.05, 3.63) is 94.4 Å². The zero-order valence-electron chi connectivity index (χ0n) is 19.2. The lowest BCUT2D eigenvalue weighted by atomic mass is 9.98. The van der Waals surface area contributed by atoms with Crippen LogP contribution in [-0.4, -0.2) is 41.1 Å². The molecule has 1 unspecified atom stereocenters. The molecule has 7 nitrogen and oxygen atoms in total. The van der Waals surface area contributed by atoms with Crippen LogP contribution >= 0.6 is 11.8 Å². The SMILES string of the molecule is COc1ccc(/C=C2\SC(N3N=C(c4ccccc4)CC3c3ccccc3O)=NC2=O)cc1OC. The Balaban J connectivity index is 1.47. The average molecular weight is 486 g/mol. The van der Waals surface area contributed by atoms with E-state index in [1.807, 2.05) is 54.6 Å². The molecular weight excluding hydrogens is 462 g/mol. The number of carbonyl (C=O) groups excluding carboxylic acids is 1. The molecule has 0 saturated heterocycles. The van der Waals surface area contributed by atoms with E-state index in [1.165, 1.54) is 11.8 Å². The second-order valence-corrected chi connectivity index (χ2v) is 8.97. The van der Waals surface area contributed by atoms with Gasteiger partial charge in [0.05, 0.1) is 30.9 Å². The first-order valence-electron chi connectivity index (χ1n) is 11.0. The number of phenols is 1. The van der Waals surface area contributed by atoms with E-state index >= 15 is 0 Å². The van der Waals surface area contributed by atoms with Crippen LogP contribution in [0.5, 0.6) is 17.2 Å². The molecule has 0 spiro atoms. The Morgan fingerprint density at radius 2 is 1.74 bits per heavy atom. The number of amides is 1. The van der Waals surface area contributed by atoms with Gasteiger partial charge in [0.2, 0.25) is 0 Å². The average Bonchev–Trinajstić information content (AvgIpc) is 3.48. The van der Waals surface area contributed by atoms with Gasteiger partial charge >= 0.3 is 0 Å². The first-order chi connectivity index (χ1) is 17.1. The Morgan fingerprint density at radius 1 is 1.00 bits per heavy atom. The topological polar surface area (TPSA) is 83.7 Å². The van der Waals surface area contributed by atoms with Gasteiger partial charge in [0.15, 0.2) is 16.7 Å². The molecule has 1 amide bonds. The highest BCUT2D eigenvalue weighted by molar-refractivity contribution is 8.18. The van der Waals surface area contributed by atoms with E-state index in [9.17, 15) is 9.90 Å². The number of hydrazone groups is 1. The Kier molecular flexibility index (Phi) is 6.29. The molecule has 0 bridgehead atoms. The highest BCUT2D eigenvalue weighted by atomic mass is 32.2. The van der Waals surface area contributed by atoms with Crippen molar-refractivity contribution in [2.75, 3.05) is 14.2 Å². The summed E-state index contributed by atoms with van der Waals surface area (Å²) in [5.41, 5.74) is 3.38. The van der Waals surface area contributed by atoms with Crippen molar-refractivity contribution in [3.63, 3.8) is 0 Å². The largest absolute Gasteiger partial charge is 0.508 e. The minimum absolute atomic E-state index is 0.183. The summed E-state index contributed by atoms with van der Waals surface area (Å²) in [6, 6.07) is 22.3. The molecule has 8 heteroatoms. The molecular formula is C27H23N3O4S. The predicted molar refractivity (Wildman–Crippen MR) is 138 cm³/mol. The van der Waals surface area contributed by atoms with Crippen LogP contribution in [0, 0.1) is 0 Å². The first kappa shape index (κ1) is 22.7. The summed E-state index contributed by atoms with van der Waals surface area (Å²) in [6.45, 7) is 0. The highest BCUT2D eigenvalue weighted by Gasteiger charge is 2.37. The van der Waals surface area contributed by atoms with E-state index in [0.29, 0.717) is 28.0 Å². The lowest BCUT2D eigenvalue weighted by Gasteiger charge is -2.23. The quantitative estimate of drug-likeness (QED) is 0.498. The summed E-state index contributed by atoms with van der Waals surface area (Å²) in [6.07, 6.45) is 2.35. The number of rotatable bonds is 5. The molecule has 35 heavy (non-hydrogen) atoms. The summed E-state index contributed by atoms with van der Waals surface area (Å²) in [5, 5.41) is 17.6. The van der Waals surface area contributed by atoms with E-state index in [2.05, 4.69) is 4.99 Å². The van der Waals surface area contributed by atoms with Gasteiger partial charge in [-0.05, 0) is 47.2 Å². The lowest BCUT2D eigenvalue weighted by Crippen LogP contribution is -2.23. The Bertz CT molecular complexity index is 1370. The fourth-order valence-corrected chi connectivity index (χ4v) is 5.01. The number of hydrogen-bond donors (Lipinski definition) is 1. The lowest BCUT2D eigenvalue weighted by molar-refractivity contribution is -0.113. The molecule has 0 aliphatic carbocycles. The van der Waals surface area contributed by atoms with Crippen LogP contribution in [0.4, 0.5) is 0 Å². The monoisotopic (exact) mass is 485 g/mol. The van der Waals surface area contributed by atoms with Gasteiger partial charge in [0.25, 0.3) is 5.91 Å². The zero-order valence-corrected chi connectivity index (χ0v) is 20.0. The molecule has 0 saturated carbocycles. The number of methoxy groups -OCH3 is 2. The van der Waals surface area contributed by atoms with Crippen LogP contribution in [0.1, 0.15) is 29.2 Å². The Hall–Kier alpha value is -4.04. The van der Waals surface area contributed by atoms with E-state index < -0.39 is 0 Å². The number of hydrogen-bond acceptors (Lipinski definition) is 7. The minimum atomic E-state index is -0.334. The Labute approximate surface area is 207 Å². The molecule has 0 aromatic heterocycles. The van der Waals surface area contributed by atoms with Gasteiger partial charge in [-0.1, -0.05) is 54.6 Å². The maximum atomic E-state index is 12.8. The summed E-state index contributed by atoms with van der Waals surface area (Å²) < 4.78 is 10.7. The van der Waals surface area contributed by atoms with Crippen molar-refractivity contribution < 1.29 is 19.4 Å². The van der Waals surface area contributed by atoms with Crippen molar-refractivity contribution in [3.8, 4) is 17.2 Å². The summed E-state index contributed by atoms with van der Waals surface area (Å²) in [7, 11) is 3.15. The van der Waals surface area contributed by atoms with Crippen LogP contribution in [0.25, 0.3) is 6.08 Å². The molecule has 2 aliphatic rings. The number of aromatic hydroxyl groups is 1. The number of benzene rings is 3.